The van der Waals surface area contributed by atoms with E-state index in [0.717, 1.165) is 15.6 Å². The number of nitrogens with one attached hydrogen (secondary N) is 1. The molecule has 0 spiro atoms. The molecule has 0 unspecified atom stereocenters. The monoisotopic (exact) mass is 320 g/mol. The first-order chi connectivity index (χ1) is 10.4. The first-order valence-corrected chi connectivity index (χ1v) is 7.95. The summed E-state index contributed by atoms with van der Waals surface area (Å²) in [6.07, 6.45) is 5.05. The summed E-state index contributed by atoms with van der Waals surface area (Å²) in [7, 11) is -1.86. The van der Waals surface area contributed by atoms with Crippen molar-refractivity contribution in [3.05, 3.63) is 59.9 Å². The Morgan fingerprint density at radius 1 is 1.27 bits per heavy atom. The molecule has 0 radical (unpaired) electrons. The zero-order valence-electron chi connectivity index (χ0n) is 11.9. The fraction of sp³-hybridized carbons (Fsp3) is 0.133. The summed E-state index contributed by atoms with van der Waals surface area (Å²) >= 11 is 0. The lowest BCUT2D eigenvalue weighted by Gasteiger charge is -2.06. The molecule has 6 nitrogen and oxygen atoms in total. The number of rotatable bonds is 6. The molecule has 0 saturated carbocycles. The van der Waals surface area contributed by atoms with Crippen LogP contribution in [0.2, 0.25) is 0 Å². The lowest BCUT2D eigenvalue weighted by Crippen LogP contribution is -2.11. The van der Waals surface area contributed by atoms with Crippen LogP contribution in [-0.4, -0.2) is 30.5 Å². The average molecular weight is 320 g/mol. The molecule has 0 aliphatic heterocycles. The van der Waals surface area contributed by atoms with E-state index in [9.17, 15) is 13.2 Å². The van der Waals surface area contributed by atoms with Crippen LogP contribution in [0.15, 0.2) is 53.7 Å². The Labute approximate surface area is 128 Å². The lowest BCUT2D eigenvalue weighted by atomic mass is 10.2. The second kappa shape index (κ2) is 6.59. The zero-order valence-corrected chi connectivity index (χ0v) is 12.7. The minimum atomic E-state index is -3.67. The number of hydrogen-bond donors (Lipinski definition) is 2. The van der Waals surface area contributed by atoms with E-state index in [1.807, 2.05) is 7.05 Å². The third-order valence-electron chi connectivity index (χ3n) is 2.99. The Bertz CT molecular complexity index is 789. The van der Waals surface area contributed by atoms with E-state index in [0.29, 0.717) is 12.1 Å². The van der Waals surface area contributed by atoms with Crippen molar-refractivity contribution in [2.75, 3.05) is 7.05 Å². The van der Waals surface area contributed by atoms with Crippen molar-refractivity contribution in [1.29, 1.82) is 0 Å². The number of nitrogens with zero attached hydrogens (tertiary/aromatic N) is 1. The highest BCUT2D eigenvalue weighted by Gasteiger charge is 2.16. The van der Waals surface area contributed by atoms with Crippen LogP contribution < -0.4 is 5.32 Å². The third-order valence-corrected chi connectivity index (χ3v) is 4.64. The second-order valence-corrected chi connectivity index (χ2v) is 6.47. The predicted octanol–water partition coefficient (Wildman–Crippen LogP) is 1.54. The molecule has 22 heavy (non-hydrogen) atoms. The molecule has 0 saturated heterocycles. The van der Waals surface area contributed by atoms with Gasteiger partial charge in [-0.05, 0) is 42.4 Å². The van der Waals surface area contributed by atoms with Crippen LogP contribution in [0.5, 0.6) is 0 Å². The zero-order chi connectivity index (χ0) is 16.2. The summed E-state index contributed by atoms with van der Waals surface area (Å²) in [5.74, 6) is -1.09. The summed E-state index contributed by atoms with van der Waals surface area (Å²) in [5.41, 5.74) is 1.48. The van der Waals surface area contributed by atoms with Crippen LogP contribution in [0.25, 0.3) is 6.08 Å². The maximum atomic E-state index is 12.5. The normalized spacial score (nSPS) is 11.9. The summed E-state index contributed by atoms with van der Waals surface area (Å²) in [6.45, 7) is 0.661. The standard InChI is InChI=1S/C15H16N2O4S/c1-16-10-12-2-5-14(6-3-12)22(20,21)17-9-8-13(11-17)4-7-15(18)19/h2-9,11,16H,10H2,1H3,(H,18,19)/b7-4+. The van der Waals surface area contributed by atoms with Crippen molar-refractivity contribution in [1.82, 2.24) is 9.29 Å². The van der Waals surface area contributed by atoms with Crippen LogP contribution in [-0.2, 0) is 21.4 Å². The third kappa shape index (κ3) is 3.63. The van der Waals surface area contributed by atoms with Crippen molar-refractivity contribution in [3.63, 3.8) is 0 Å². The fourth-order valence-electron chi connectivity index (χ4n) is 1.91. The first kappa shape index (κ1) is 16.0. The van der Waals surface area contributed by atoms with Crippen LogP contribution in [0, 0.1) is 0 Å². The maximum absolute atomic E-state index is 12.5. The van der Waals surface area contributed by atoms with Crippen LogP contribution in [0.4, 0.5) is 0 Å². The van der Waals surface area contributed by atoms with Gasteiger partial charge in [0.2, 0.25) is 0 Å². The Kier molecular flexibility index (Phi) is 4.79. The van der Waals surface area contributed by atoms with Crippen molar-refractivity contribution in [2.24, 2.45) is 0 Å². The minimum absolute atomic E-state index is 0.178. The van der Waals surface area contributed by atoms with Gasteiger partial charge in [-0.1, -0.05) is 12.1 Å². The number of carboxylic acids is 1. The van der Waals surface area contributed by atoms with Crippen LogP contribution in [0.1, 0.15) is 11.1 Å². The number of hydrogen-bond acceptors (Lipinski definition) is 4. The summed E-state index contributed by atoms with van der Waals surface area (Å²) in [5, 5.41) is 11.6. The molecule has 7 heteroatoms. The molecule has 0 aliphatic rings. The Morgan fingerprint density at radius 2 is 1.95 bits per heavy atom. The highest BCUT2D eigenvalue weighted by atomic mass is 32.2. The molecule has 1 aromatic heterocycles. The van der Waals surface area contributed by atoms with Gasteiger partial charge >= 0.3 is 5.97 Å². The average Bonchev–Trinajstić information content (AvgIpc) is 2.96. The molecular weight excluding hydrogens is 304 g/mol. The van der Waals surface area contributed by atoms with Gasteiger partial charge in [-0.2, -0.15) is 0 Å². The lowest BCUT2D eigenvalue weighted by molar-refractivity contribution is -0.131. The van der Waals surface area contributed by atoms with Gasteiger partial charge in [-0.15, -0.1) is 0 Å². The van der Waals surface area contributed by atoms with Crippen LogP contribution >= 0.6 is 0 Å². The molecule has 1 aromatic carbocycles. The first-order valence-electron chi connectivity index (χ1n) is 6.51. The molecule has 2 rings (SSSR count). The van der Waals surface area contributed by atoms with Crippen molar-refractivity contribution >= 4 is 22.1 Å². The van der Waals surface area contributed by atoms with Crippen molar-refractivity contribution < 1.29 is 18.3 Å². The van der Waals surface area contributed by atoms with Gasteiger partial charge in [0.1, 0.15) is 0 Å². The van der Waals surface area contributed by atoms with E-state index in [-0.39, 0.29) is 4.90 Å². The van der Waals surface area contributed by atoms with E-state index in [1.54, 1.807) is 24.3 Å². The molecule has 2 N–H and O–H groups in total. The van der Waals surface area contributed by atoms with Gasteiger partial charge in [0.05, 0.1) is 4.90 Å². The highest BCUT2D eigenvalue weighted by Crippen LogP contribution is 2.16. The summed E-state index contributed by atoms with van der Waals surface area (Å²) in [6, 6.07) is 8.13. The fourth-order valence-corrected chi connectivity index (χ4v) is 3.12. The number of carboxylic acid groups (broad SMARTS) is 1. The molecule has 0 aliphatic carbocycles. The Morgan fingerprint density at radius 3 is 2.55 bits per heavy atom. The highest BCUT2D eigenvalue weighted by molar-refractivity contribution is 7.90. The number of carbonyl (C=O) groups is 1. The number of aromatic nitrogens is 1. The van der Waals surface area contributed by atoms with Gasteiger partial charge < -0.3 is 10.4 Å². The topological polar surface area (TPSA) is 88.4 Å². The molecular formula is C15H16N2O4S. The number of aliphatic carboxylic acids is 1. The van der Waals surface area contributed by atoms with Gasteiger partial charge in [-0.3, -0.25) is 0 Å². The van der Waals surface area contributed by atoms with Gasteiger partial charge in [0, 0.05) is 25.0 Å². The molecule has 0 atom stereocenters. The van der Waals surface area contributed by atoms with Crippen LogP contribution in [0.3, 0.4) is 0 Å². The summed E-state index contributed by atoms with van der Waals surface area (Å²) in [4.78, 5) is 10.6. The molecule has 0 fully saturated rings. The molecule has 0 bridgehead atoms. The molecule has 2 aromatic rings. The largest absolute Gasteiger partial charge is 0.478 e. The Balaban J connectivity index is 2.28. The van der Waals surface area contributed by atoms with E-state index < -0.39 is 16.0 Å². The maximum Gasteiger partial charge on any atom is 0.328 e. The SMILES string of the molecule is CNCc1ccc(S(=O)(=O)n2ccc(/C=C/C(=O)O)c2)cc1. The van der Waals surface area contributed by atoms with Gasteiger partial charge in [0.25, 0.3) is 10.0 Å². The summed E-state index contributed by atoms with van der Waals surface area (Å²) < 4.78 is 26.0. The molecule has 116 valence electrons. The molecule has 1 heterocycles. The quantitative estimate of drug-likeness (QED) is 0.788. The predicted molar refractivity (Wildman–Crippen MR) is 82.9 cm³/mol. The van der Waals surface area contributed by atoms with E-state index in [2.05, 4.69) is 5.32 Å². The van der Waals surface area contributed by atoms with Gasteiger partial charge in [0.15, 0.2) is 0 Å². The second-order valence-electron chi connectivity index (χ2n) is 4.63. The number of benzene rings is 1. The van der Waals surface area contributed by atoms with Crippen molar-refractivity contribution in [2.45, 2.75) is 11.4 Å². The van der Waals surface area contributed by atoms with Gasteiger partial charge in [-0.25, -0.2) is 17.2 Å². The van der Waals surface area contributed by atoms with Crippen molar-refractivity contribution in [3.8, 4) is 0 Å². The van der Waals surface area contributed by atoms with E-state index in [4.69, 9.17) is 5.11 Å². The smallest absolute Gasteiger partial charge is 0.328 e. The van der Waals surface area contributed by atoms with E-state index >= 15 is 0 Å². The van der Waals surface area contributed by atoms with E-state index in [1.165, 1.54) is 24.5 Å². The minimum Gasteiger partial charge on any atom is -0.478 e. The Hall–Kier alpha value is -2.38. The molecule has 0 amide bonds.